The zero-order valence-electron chi connectivity index (χ0n) is 13.2. The van der Waals surface area contributed by atoms with E-state index < -0.39 is 11.6 Å². The van der Waals surface area contributed by atoms with Gasteiger partial charge in [-0.25, -0.2) is 18.5 Å². The lowest BCUT2D eigenvalue weighted by atomic mass is 10.2. The first kappa shape index (κ1) is 16.7. The molecule has 128 valence electrons. The fraction of sp³-hybridized carbons (Fsp3) is 0.400. The molecule has 0 bridgehead atoms. The van der Waals surface area contributed by atoms with Crippen molar-refractivity contribution in [2.24, 2.45) is 5.92 Å². The number of amides is 1. The van der Waals surface area contributed by atoms with Crippen LogP contribution in [0.1, 0.15) is 19.7 Å². The van der Waals surface area contributed by atoms with E-state index in [0.29, 0.717) is 17.5 Å². The first-order valence-electron chi connectivity index (χ1n) is 7.44. The molecule has 1 aromatic heterocycles. The summed E-state index contributed by atoms with van der Waals surface area (Å²) in [5.74, 6) is -0.668. The molecule has 0 fully saturated rings. The van der Waals surface area contributed by atoms with Gasteiger partial charge in [0.05, 0.1) is 6.54 Å². The van der Waals surface area contributed by atoms with Crippen LogP contribution in [0.5, 0.6) is 5.75 Å². The molecular weight excluding hydrogens is 338 g/mol. The van der Waals surface area contributed by atoms with E-state index in [1.807, 2.05) is 13.8 Å². The lowest BCUT2D eigenvalue weighted by molar-refractivity contribution is -0.123. The SMILES string of the molecule is CC(C)C(=O)N1CCSc2nnc(COc3ccc(F)cc3F)n21. The zero-order valence-corrected chi connectivity index (χ0v) is 14.0. The van der Waals surface area contributed by atoms with Gasteiger partial charge in [0.25, 0.3) is 0 Å². The van der Waals surface area contributed by atoms with Crippen molar-refractivity contribution in [2.45, 2.75) is 25.6 Å². The number of hydrogen-bond donors (Lipinski definition) is 0. The summed E-state index contributed by atoms with van der Waals surface area (Å²) < 4.78 is 33.6. The Balaban J connectivity index is 1.83. The van der Waals surface area contributed by atoms with E-state index >= 15 is 0 Å². The lowest BCUT2D eigenvalue weighted by Crippen LogP contribution is -2.47. The average molecular weight is 354 g/mol. The van der Waals surface area contributed by atoms with E-state index in [1.165, 1.54) is 17.8 Å². The molecule has 2 aromatic rings. The predicted molar refractivity (Wildman–Crippen MR) is 84.4 cm³/mol. The maximum atomic E-state index is 13.7. The van der Waals surface area contributed by atoms with Gasteiger partial charge >= 0.3 is 0 Å². The van der Waals surface area contributed by atoms with Crippen molar-refractivity contribution in [3.8, 4) is 5.75 Å². The van der Waals surface area contributed by atoms with E-state index in [9.17, 15) is 13.6 Å². The largest absolute Gasteiger partial charge is 0.482 e. The predicted octanol–water partition coefficient (Wildman–Crippen LogP) is 2.36. The van der Waals surface area contributed by atoms with Crippen molar-refractivity contribution in [1.82, 2.24) is 14.9 Å². The van der Waals surface area contributed by atoms with Gasteiger partial charge in [-0.2, -0.15) is 0 Å². The van der Waals surface area contributed by atoms with Crippen LogP contribution in [0.3, 0.4) is 0 Å². The third kappa shape index (κ3) is 3.21. The molecule has 1 aromatic carbocycles. The van der Waals surface area contributed by atoms with Gasteiger partial charge in [0.15, 0.2) is 17.4 Å². The van der Waals surface area contributed by atoms with Crippen LogP contribution in [0.4, 0.5) is 8.78 Å². The van der Waals surface area contributed by atoms with E-state index in [4.69, 9.17) is 4.74 Å². The monoisotopic (exact) mass is 354 g/mol. The number of halogens is 2. The molecule has 0 unspecified atom stereocenters. The Morgan fingerprint density at radius 3 is 2.88 bits per heavy atom. The minimum atomic E-state index is -0.794. The molecule has 0 saturated heterocycles. The van der Waals surface area contributed by atoms with Crippen LogP contribution in [0.25, 0.3) is 0 Å². The second kappa shape index (κ2) is 6.76. The summed E-state index contributed by atoms with van der Waals surface area (Å²) >= 11 is 1.49. The molecule has 9 heteroatoms. The molecule has 6 nitrogen and oxygen atoms in total. The topological polar surface area (TPSA) is 60.3 Å². The number of nitrogens with zero attached hydrogens (tertiary/aromatic N) is 4. The number of ether oxygens (including phenoxy) is 1. The highest BCUT2D eigenvalue weighted by Crippen LogP contribution is 2.25. The van der Waals surface area contributed by atoms with Crippen LogP contribution in [0, 0.1) is 17.6 Å². The number of benzene rings is 1. The van der Waals surface area contributed by atoms with Crippen molar-refractivity contribution >= 4 is 17.7 Å². The standard InChI is InChI=1S/C15H16F2N4O2S/c1-9(2)14(22)20-5-6-24-15-19-18-13(21(15)20)8-23-12-4-3-10(16)7-11(12)17/h3-4,7,9H,5-6,8H2,1-2H3. The Morgan fingerprint density at radius 1 is 1.38 bits per heavy atom. The highest BCUT2D eigenvalue weighted by Gasteiger charge is 2.28. The third-order valence-corrected chi connectivity index (χ3v) is 4.35. The third-order valence-electron chi connectivity index (χ3n) is 3.45. The molecule has 0 N–H and O–H groups in total. The Morgan fingerprint density at radius 2 is 2.17 bits per heavy atom. The minimum absolute atomic E-state index is 0.0504. The molecule has 3 rings (SSSR count). The number of thioether (sulfide) groups is 1. The Kier molecular flexibility index (Phi) is 4.70. The molecule has 0 spiro atoms. The maximum absolute atomic E-state index is 13.7. The number of carbonyl (C=O) groups excluding carboxylic acids is 1. The molecule has 0 saturated carbocycles. The van der Waals surface area contributed by atoms with Crippen LogP contribution in [-0.4, -0.2) is 33.1 Å². The average Bonchev–Trinajstić information content (AvgIpc) is 2.96. The summed E-state index contributed by atoms with van der Waals surface area (Å²) in [4.78, 5) is 12.4. The van der Waals surface area contributed by atoms with E-state index in [0.717, 1.165) is 17.9 Å². The van der Waals surface area contributed by atoms with E-state index in [2.05, 4.69) is 10.2 Å². The first-order chi connectivity index (χ1) is 11.5. The number of fused-ring (bicyclic) bond motifs is 1. The Hall–Kier alpha value is -2.16. The molecule has 2 heterocycles. The Bertz CT molecular complexity index is 766. The molecule has 0 aliphatic carbocycles. The summed E-state index contributed by atoms with van der Waals surface area (Å²) in [5.41, 5.74) is 0. The molecule has 1 aliphatic rings. The first-order valence-corrected chi connectivity index (χ1v) is 8.42. The molecule has 24 heavy (non-hydrogen) atoms. The van der Waals surface area contributed by atoms with Gasteiger partial charge in [-0.05, 0) is 12.1 Å². The van der Waals surface area contributed by atoms with Gasteiger partial charge in [0.1, 0.15) is 12.4 Å². The lowest BCUT2D eigenvalue weighted by Gasteiger charge is -2.30. The quantitative estimate of drug-likeness (QED) is 0.844. The maximum Gasteiger partial charge on any atom is 0.244 e. The second-order valence-corrected chi connectivity index (χ2v) is 6.60. The number of hydrogen-bond acceptors (Lipinski definition) is 5. The van der Waals surface area contributed by atoms with Crippen molar-refractivity contribution in [3.05, 3.63) is 35.7 Å². The summed E-state index contributed by atoms with van der Waals surface area (Å²) in [6.07, 6.45) is 0. The van der Waals surface area contributed by atoms with Crippen molar-refractivity contribution in [2.75, 3.05) is 17.3 Å². The summed E-state index contributed by atoms with van der Waals surface area (Å²) in [6.45, 7) is 4.08. The van der Waals surface area contributed by atoms with Gasteiger partial charge in [-0.3, -0.25) is 4.79 Å². The highest BCUT2D eigenvalue weighted by molar-refractivity contribution is 7.99. The van der Waals surface area contributed by atoms with Crippen molar-refractivity contribution < 1.29 is 18.3 Å². The minimum Gasteiger partial charge on any atom is -0.482 e. The van der Waals surface area contributed by atoms with E-state index in [1.54, 1.807) is 9.69 Å². The highest BCUT2D eigenvalue weighted by atomic mass is 32.2. The number of rotatable bonds is 4. The van der Waals surface area contributed by atoms with Gasteiger partial charge in [-0.1, -0.05) is 25.6 Å². The van der Waals surface area contributed by atoms with Crippen LogP contribution >= 0.6 is 11.8 Å². The van der Waals surface area contributed by atoms with Crippen molar-refractivity contribution in [3.63, 3.8) is 0 Å². The van der Waals surface area contributed by atoms with Crippen molar-refractivity contribution in [1.29, 1.82) is 0 Å². The molecule has 1 amide bonds. The molecule has 1 aliphatic heterocycles. The summed E-state index contributed by atoms with van der Waals surface area (Å²) in [5, 5.41) is 10.2. The summed E-state index contributed by atoms with van der Waals surface area (Å²) in [7, 11) is 0. The summed E-state index contributed by atoms with van der Waals surface area (Å²) in [6, 6.07) is 3.07. The zero-order chi connectivity index (χ0) is 17.3. The van der Waals surface area contributed by atoms with Crippen LogP contribution < -0.4 is 9.75 Å². The van der Waals surface area contributed by atoms with Crippen LogP contribution in [0.15, 0.2) is 23.4 Å². The smallest absolute Gasteiger partial charge is 0.244 e. The van der Waals surface area contributed by atoms with Crippen LogP contribution in [0.2, 0.25) is 0 Å². The van der Waals surface area contributed by atoms with Crippen LogP contribution in [-0.2, 0) is 11.4 Å². The van der Waals surface area contributed by atoms with Gasteiger partial charge in [0, 0.05) is 17.7 Å². The molecule has 0 atom stereocenters. The fourth-order valence-corrected chi connectivity index (χ4v) is 3.15. The molecular formula is C15H16F2N4O2S. The number of carbonyl (C=O) groups is 1. The van der Waals surface area contributed by atoms with Gasteiger partial charge in [-0.15, -0.1) is 10.2 Å². The van der Waals surface area contributed by atoms with E-state index in [-0.39, 0.29) is 24.2 Å². The normalized spacial score (nSPS) is 14.0. The number of aromatic nitrogens is 3. The van der Waals surface area contributed by atoms with Gasteiger partial charge in [0.2, 0.25) is 11.1 Å². The fourth-order valence-electron chi connectivity index (χ4n) is 2.28. The van der Waals surface area contributed by atoms with Gasteiger partial charge < -0.3 is 4.74 Å². The molecule has 0 radical (unpaired) electrons. The Labute approximate surface area is 141 Å². The second-order valence-electron chi connectivity index (χ2n) is 5.54.